The van der Waals surface area contributed by atoms with Gasteiger partial charge in [-0.2, -0.15) is 0 Å². The second-order valence-corrected chi connectivity index (χ2v) is 6.67. The average molecular weight is 302 g/mol. The summed E-state index contributed by atoms with van der Waals surface area (Å²) in [6, 6.07) is 9.03. The van der Waals surface area contributed by atoms with E-state index in [0.29, 0.717) is 11.3 Å². The first kappa shape index (κ1) is 14.6. The summed E-state index contributed by atoms with van der Waals surface area (Å²) in [5, 5.41) is 12.5. The van der Waals surface area contributed by atoms with Crippen LogP contribution in [-0.2, 0) is 13.0 Å². The molecule has 0 radical (unpaired) electrons. The fourth-order valence-electron chi connectivity index (χ4n) is 2.93. The molecule has 2 unspecified atom stereocenters. The zero-order chi connectivity index (χ0) is 14.7. The Balaban J connectivity index is 1.84. The van der Waals surface area contributed by atoms with Gasteiger partial charge in [0, 0.05) is 16.7 Å². The Bertz CT molecular complexity index is 570. The molecule has 0 amide bonds. The van der Waals surface area contributed by atoms with E-state index >= 15 is 0 Å². The Morgan fingerprint density at radius 1 is 1.38 bits per heavy atom. The minimum absolute atomic E-state index is 0.300. The van der Waals surface area contributed by atoms with E-state index in [-0.39, 0.29) is 0 Å². The van der Waals surface area contributed by atoms with Crippen LogP contribution in [0, 0.1) is 0 Å². The van der Waals surface area contributed by atoms with Crippen molar-refractivity contribution in [3.8, 4) is 0 Å². The van der Waals surface area contributed by atoms with E-state index in [9.17, 15) is 0 Å². The summed E-state index contributed by atoms with van der Waals surface area (Å²) in [7, 11) is 0. The van der Waals surface area contributed by atoms with Crippen LogP contribution in [-0.4, -0.2) is 26.8 Å². The fraction of sp³-hybridized carbons (Fsp3) is 0.500. The number of nitrogens with zero attached hydrogens (tertiary/aromatic N) is 3. The fourth-order valence-corrected chi connectivity index (χ4v) is 4.35. The predicted molar refractivity (Wildman–Crippen MR) is 86.5 cm³/mol. The van der Waals surface area contributed by atoms with Gasteiger partial charge in [-0.3, -0.25) is 0 Å². The van der Waals surface area contributed by atoms with Crippen LogP contribution in [0.5, 0.6) is 0 Å². The highest BCUT2D eigenvalue weighted by Crippen LogP contribution is 2.42. The van der Waals surface area contributed by atoms with Crippen molar-refractivity contribution in [2.24, 2.45) is 0 Å². The van der Waals surface area contributed by atoms with E-state index in [1.807, 2.05) is 18.0 Å². The summed E-state index contributed by atoms with van der Waals surface area (Å²) in [6.07, 6.45) is 4.11. The molecular weight excluding hydrogens is 280 g/mol. The lowest BCUT2D eigenvalue weighted by molar-refractivity contribution is 0.465. The maximum absolute atomic E-state index is 4.25. The number of thioether (sulfide) groups is 1. The lowest BCUT2D eigenvalue weighted by Gasteiger charge is -2.24. The van der Waals surface area contributed by atoms with Crippen molar-refractivity contribution in [3.05, 3.63) is 41.7 Å². The normalized spacial score (nSPS) is 18.7. The van der Waals surface area contributed by atoms with Gasteiger partial charge >= 0.3 is 0 Å². The highest BCUT2D eigenvalue weighted by molar-refractivity contribution is 8.00. The van der Waals surface area contributed by atoms with Crippen LogP contribution in [0.3, 0.4) is 0 Å². The number of hydrogen-bond acceptors (Lipinski definition) is 4. The maximum Gasteiger partial charge on any atom is 0.0768 e. The molecule has 2 aromatic rings. The molecule has 21 heavy (non-hydrogen) atoms. The number of aromatic nitrogens is 3. The molecule has 0 bridgehead atoms. The third kappa shape index (κ3) is 2.99. The summed E-state index contributed by atoms with van der Waals surface area (Å²) >= 11 is 1.98. The molecule has 1 aromatic carbocycles. The maximum atomic E-state index is 4.25. The Morgan fingerprint density at radius 3 is 3.00 bits per heavy atom. The summed E-state index contributed by atoms with van der Waals surface area (Å²) in [6.45, 7) is 6.22. The third-order valence-corrected chi connectivity index (χ3v) is 5.26. The minimum Gasteiger partial charge on any atom is -0.308 e. The van der Waals surface area contributed by atoms with Gasteiger partial charge in [0.05, 0.1) is 17.9 Å². The molecule has 1 aliphatic heterocycles. The second kappa shape index (κ2) is 6.62. The van der Waals surface area contributed by atoms with Crippen molar-refractivity contribution in [3.63, 3.8) is 0 Å². The Morgan fingerprint density at radius 2 is 2.24 bits per heavy atom. The molecule has 3 rings (SSSR count). The van der Waals surface area contributed by atoms with Crippen LogP contribution in [0.4, 0.5) is 0 Å². The molecule has 0 saturated carbocycles. The number of hydrogen-bond donors (Lipinski definition) is 1. The van der Waals surface area contributed by atoms with Crippen molar-refractivity contribution in [2.75, 3.05) is 6.54 Å². The van der Waals surface area contributed by atoms with Gasteiger partial charge in [-0.05, 0) is 31.0 Å². The smallest absolute Gasteiger partial charge is 0.0768 e. The van der Waals surface area contributed by atoms with Gasteiger partial charge in [0.25, 0.3) is 0 Å². The quantitative estimate of drug-likeness (QED) is 0.890. The molecule has 1 aliphatic rings. The number of nitrogens with one attached hydrogen (secondary N) is 1. The summed E-state index contributed by atoms with van der Waals surface area (Å²) in [5.74, 6) is 0. The summed E-state index contributed by atoms with van der Waals surface area (Å²) < 4.78 is 2.05. The molecule has 0 fully saturated rings. The van der Waals surface area contributed by atoms with Gasteiger partial charge in [0.2, 0.25) is 0 Å². The van der Waals surface area contributed by atoms with Gasteiger partial charge in [0.1, 0.15) is 0 Å². The van der Waals surface area contributed by atoms with E-state index in [2.05, 4.69) is 58.4 Å². The Hall–Kier alpha value is -1.33. The van der Waals surface area contributed by atoms with Crippen molar-refractivity contribution in [2.45, 2.75) is 49.4 Å². The molecule has 112 valence electrons. The lowest BCUT2D eigenvalue weighted by atomic mass is 10.0. The van der Waals surface area contributed by atoms with Crippen molar-refractivity contribution >= 4 is 11.8 Å². The van der Waals surface area contributed by atoms with Gasteiger partial charge < -0.3 is 5.32 Å². The molecule has 4 nitrogen and oxygen atoms in total. The first-order chi connectivity index (χ1) is 10.3. The first-order valence-corrected chi connectivity index (χ1v) is 8.57. The summed E-state index contributed by atoms with van der Waals surface area (Å²) in [4.78, 5) is 1.42. The lowest BCUT2D eigenvalue weighted by Crippen LogP contribution is -2.32. The van der Waals surface area contributed by atoms with E-state index in [4.69, 9.17) is 0 Å². The standard InChI is InChI=1S/C16H22N4S/c1-3-9-20-13(11-18-19-20)16(17-4-2)15-10-12-7-5-6-8-14(12)21-15/h5-8,11,15-17H,3-4,9-10H2,1-2H3. The van der Waals surface area contributed by atoms with Crippen molar-refractivity contribution < 1.29 is 0 Å². The molecule has 2 heterocycles. The van der Waals surface area contributed by atoms with Crippen LogP contribution in [0.15, 0.2) is 35.4 Å². The molecular formula is C16H22N4S. The Kier molecular flexibility index (Phi) is 4.60. The van der Waals surface area contributed by atoms with E-state index in [1.165, 1.54) is 16.2 Å². The van der Waals surface area contributed by atoms with Crippen LogP contribution >= 0.6 is 11.8 Å². The SMILES string of the molecule is CCCn1nncc1C(NCC)C1Cc2ccccc2S1. The topological polar surface area (TPSA) is 42.7 Å². The average Bonchev–Trinajstić information content (AvgIpc) is 3.11. The third-order valence-electron chi connectivity index (χ3n) is 3.87. The van der Waals surface area contributed by atoms with Gasteiger partial charge in [-0.25, -0.2) is 4.68 Å². The molecule has 0 aliphatic carbocycles. The predicted octanol–water partition coefficient (Wildman–Crippen LogP) is 3.06. The Labute approximate surface area is 130 Å². The minimum atomic E-state index is 0.300. The number of aryl methyl sites for hydroxylation is 1. The van der Waals surface area contributed by atoms with Crippen molar-refractivity contribution in [1.29, 1.82) is 0 Å². The van der Waals surface area contributed by atoms with E-state index < -0.39 is 0 Å². The zero-order valence-corrected chi connectivity index (χ0v) is 13.4. The van der Waals surface area contributed by atoms with Crippen LogP contribution in [0.1, 0.15) is 37.6 Å². The largest absolute Gasteiger partial charge is 0.308 e. The van der Waals surface area contributed by atoms with Crippen LogP contribution < -0.4 is 5.32 Å². The van der Waals surface area contributed by atoms with Crippen LogP contribution in [0.2, 0.25) is 0 Å². The molecule has 1 N–H and O–H groups in total. The molecule has 1 aromatic heterocycles. The van der Waals surface area contributed by atoms with Gasteiger partial charge in [0.15, 0.2) is 0 Å². The number of fused-ring (bicyclic) bond motifs is 1. The zero-order valence-electron chi connectivity index (χ0n) is 12.6. The molecule has 2 atom stereocenters. The molecule has 0 spiro atoms. The monoisotopic (exact) mass is 302 g/mol. The molecule has 5 heteroatoms. The number of benzene rings is 1. The number of rotatable bonds is 6. The van der Waals surface area contributed by atoms with Gasteiger partial charge in [-0.1, -0.05) is 37.3 Å². The highest BCUT2D eigenvalue weighted by atomic mass is 32.2. The van der Waals surface area contributed by atoms with Crippen LogP contribution in [0.25, 0.3) is 0 Å². The van der Waals surface area contributed by atoms with Gasteiger partial charge in [-0.15, -0.1) is 16.9 Å². The highest BCUT2D eigenvalue weighted by Gasteiger charge is 2.32. The van der Waals surface area contributed by atoms with E-state index in [0.717, 1.165) is 25.9 Å². The summed E-state index contributed by atoms with van der Waals surface area (Å²) in [5.41, 5.74) is 2.67. The first-order valence-electron chi connectivity index (χ1n) is 7.69. The van der Waals surface area contributed by atoms with Crippen molar-refractivity contribution in [1.82, 2.24) is 20.3 Å². The second-order valence-electron chi connectivity index (χ2n) is 5.39. The molecule has 0 saturated heterocycles. The van der Waals surface area contributed by atoms with E-state index in [1.54, 1.807) is 0 Å².